The Balaban J connectivity index is 2.94. The van der Waals surface area contributed by atoms with Crippen molar-refractivity contribution in [2.75, 3.05) is 0 Å². The van der Waals surface area contributed by atoms with Gasteiger partial charge in [-0.1, -0.05) is 0 Å². The van der Waals surface area contributed by atoms with Gasteiger partial charge in [-0.25, -0.2) is 0 Å². The zero-order chi connectivity index (χ0) is 6.69. The molecule has 0 aliphatic carbocycles. The summed E-state index contributed by atoms with van der Waals surface area (Å²) in [4.78, 5) is 0. The second-order valence-corrected chi connectivity index (χ2v) is 3.70. The van der Waals surface area contributed by atoms with Crippen LogP contribution < -0.4 is 3.58 Å². The molecule has 0 bridgehead atoms. The number of benzene rings is 1. The normalized spacial score (nSPS) is 9.56. The second kappa shape index (κ2) is 3.25. The molecule has 9 heavy (non-hydrogen) atoms. The van der Waals surface area contributed by atoms with Crippen molar-refractivity contribution >= 4 is 26.1 Å². The van der Waals surface area contributed by atoms with Crippen LogP contribution in [0.4, 0.5) is 0 Å². The van der Waals surface area contributed by atoms with E-state index >= 15 is 0 Å². The van der Waals surface area contributed by atoms with E-state index in [2.05, 4.69) is 31.2 Å². The predicted octanol–water partition coefficient (Wildman–Crippen LogP) is 1.04. The average molecular weight is 224 g/mol. The van der Waals surface area contributed by atoms with Gasteiger partial charge in [-0.2, -0.15) is 0 Å². The van der Waals surface area contributed by atoms with E-state index in [4.69, 9.17) is 0 Å². The molecule has 0 aromatic heterocycles. The Kier molecular flexibility index (Phi) is 2.58. The Hall–Kier alpha value is 0.0187. The van der Waals surface area contributed by atoms with Crippen molar-refractivity contribution in [1.82, 2.24) is 0 Å². The summed E-state index contributed by atoms with van der Waals surface area (Å²) < 4.78 is 1.45. The summed E-state index contributed by atoms with van der Waals surface area (Å²) in [6.07, 6.45) is 1.15. The molecule has 0 aliphatic rings. The molecule has 1 aromatic rings. The van der Waals surface area contributed by atoms with Crippen LogP contribution in [0, 0.1) is 0 Å². The molecule has 0 fully saturated rings. The van der Waals surface area contributed by atoms with Crippen molar-refractivity contribution in [3.05, 3.63) is 29.8 Å². The topological polar surface area (TPSA) is 0 Å². The standard InChI is InChI=1S/C8H9.Sn/c1-2-8-6-4-3-5-7-8;/h3-4,6-7H,2H2,1H3;. The first-order chi connectivity index (χ1) is 4.33. The zero-order valence-corrected chi connectivity index (χ0v) is 8.37. The molecular formula is C8H9Sn. The predicted molar refractivity (Wildman–Crippen MR) is 41.2 cm³/mol. The van der Waals surface area contributed by atoms with Crippen molar-refractivity contribution in [3.8, 4) is 0 Å². The Bertz CT molecular complexity index is 194. The monoisotopic (exact) mass is 225 g/mol. The van der Waals surface area contributed by atoms with Crippen molar-refractivity contribution in [2.45, 2.75) is 13.3 Å². The van der Waals surface area contributed by atoms with E-state index in [1.165, 1.54) is 31.7 Å². The molecule has 0 saturated heterocycles. The van der Waals surface area contributed by atoms with Crippen molar-refractivity contribution in [2.24, 2.45) is 0 Å². The van der Waals surface area contributed by atoms with Gasteiger partial charge in [-0.05, 0) is 0 Å². The summed E-state index contributed by atoms with van der Waals surface area (Å²) in [6, 6.07) is 8.73. The molecule has 0 nitrogen and oxygen atoms in total. The minimum atomic E-state index is 1.15. The fourth-order valence-electron chi connectivity index (χ4n) is 0.791. The van der Waals surface area contributed by atoms with E-state index in [1.54, 1.807) is 0 Å². The van der Waals surface area contributed by atoms with Crippen LogP contribution in [0.15, 0.2) is 24.3 Å². The average Bonchev–Trinajstić information content (AvgIpc) is 1.88. The first kappa shape index (κ1) is 7.13. The Morgan fingerprint density at radius 1 is 1.44 bits per heavy atom. The molecule has 1 heteroatoms. The van der Waals surface area contributed by atoms with E-state index in [0.29, 0.717) is 0 Å². The molecule has 0 N–H and O–H groups in total. The Labute approximate surface area is 69.4 Å². The number of aryl methyl sites for hydroxylation is 1. The zero-order valence-electron chi connectivity index (χ0n) is 5.52. The first-order valence-electron chi connectivity index (χ1n) is 3.13. The van der Waals surface area contributed by atoms with E-state index in [1.807, 2.05) is 0 Å². The van der Waals surface area contributed by atoms with Gasteiger partial charge >= 0.3 is 69.3 Å². The van der Waals surface area contributed by atoms with Gasteiger partial charge in [-0.15, -0.1) is 0 Å². The molecule has 0 saturated carbocycles. The Morgan fingerprint density at radius 2 is 2.22 bits per heavy atom. The maximum atomic E-state index is 2.26. The summed E-state index contributed by atoms with van der Waals surface area (Å²) in [5.41, 5.74) is 1.45. The van der Waals surface area contributed by atoms with Crippen LogP contribution in [0.3, 0.4) is 0 Å². The van der Waals surface area contributed by atoms with Gasteiger partial charge in [0.15, 0.2) is 0 Å². The quantitative estimate of drug-likeness (QED) is 0.625. The molecule has 0 amide bonds. The van der Waals surface area contributed by atoms with Crippen LogP contribution in [0.1, 0.15) is 12.5 Å². The van der Waals surface area contributed by atoms with Gasteiger partial charge in [-0.3, -0.25) is 0 Å². The molecule has 0 spiro atoms. The summed E-state index contributed by atoms with van der Waals surface area (Å²) in [5, 5.41) is 0. The van der Waals surface area contributed by atoms with Gasteiger partial charge in [0.2, 0.25) is 0 Å². The molecule has 0 atom stereocenters. The van der Waals surface area contributed by atoms with E-state index < -0.39 is 0 Å². The summed E-state index contributed by atoms with van der Waals surface area (Å²) >= 11 is 1.51. The molecular weight excluding hydrogens is 215 g/mol. The van der Waals surface area contributed by atoms with Crippen LogP contribution >= 0.6 is 0 Å². The van der Waals surface area contributed by atoms with E-state index in [0.717, 1.165) is 6.42 Å². The molecule has 3 radical (unpaired) electrons. The fourth-order valence-corrected chi connectivity index (χ4v) is 1.60. The third-order valence-electron chi connectivity index (χ3n) is 1.34. The third-order valence-corrected chi connectivity index (χ3v) is 2.22. The first-order valence-corrected chi connectivity index (χ1v) is 4.56. The van der Waals surface area contributed by atoms with Crippen LogP contribution in [0.5, 0.6) is 0 Å². The van der Waals surface area contributed by atoms with Crippen molar-refractivity contribution in [3.63, 3.8) is 0 Å². The number of hydrogen-bond donors (Lipinski definition) is 0. The second-order valence-electron chi connectivity index (χ2n) is 2.05. The number of hydrogen-bond acceptors (Lipinski definition) is 0. The van der Waals surface area contributed by atoms with Gasteiger partial charge in [0.1, 0.15) is 0 Å². The van der Waals surface area contributed by atoms with Gasteiger partial charge in [0.05, 0.1) is 0 Å². The van der Waals surface area contributed by atoms with Gasteiger partial charge in [0, 0.05) is 0 Å². The number of rotatable bonds is 1. The van der Waals surface area contributed by atoms with E-state index in [-0.39, 0.29) is 0 Å². The molecule has 45 valence electrons. The van der Waals surface area contributed by atoms with Gasteiger partial charge < -0.3 is 0 Å². The van der Waals surface area contributed by atoms with Gasteiger partial charge in [0.25, 0.3) is 0 Å². The molecule has 0 aliphatic heterocycles. The summed E-state index contributed by atoms with van der Waals surface area (Å²) in [7, 11) is 0. The van der Waals surface area contributed by atoms with E-state index in [9.17, 15) is 0 Å². The van der Waals surface area contributed by atoms with Crippen LogP contribution in [0.2, 0.25) is 0 Å². The van der Waals surface area contributed by atoms with Crippen molar-refractivity contribution in [1.29, 1.82) is 0 Å². The summed E-state index contributed by atoms with van der Waals surface area (Å²) in [5.74, 6) is 0. The molecule has 0 heterocycles. The molecule has 1 rings (SSSR count). The maximum absolute atomic E-state index is 2.26. The van der Waals surface area contributed by atoms with Crippen molar-refractivity contribution < 1.29 is 0 Å². The van der Waals surface area contributed by atoms with Crippen LogP contribution in [-0.2, 0) is 6.42 Å². The van der Waals surface area contributed by atoms with Crippen LogP contribution in [-0.4, -0.2) is 22.5 Å². The fraction of sp³-hybridized carbons (Fsp3) is 0.250. The minimum absolute atomic E-state index is 1.15. The summed E-state index contributed by atoms with van der Waals surface area (Å²) in [6.45, 7) is 2.19. The molecule has 0 unspecified atom stereocenters. The Morgan fingerprint density at radius 3 is 2.67 bits per heavy atom. The SMILES string of the molecule is CCc1ccc[c]([Sn])c1. The van der Waals surface area contributed by atoms with Crippen LogP contribution in [0.25, 0.3) is 0 Å². The third kappa shape index (κ3) is 2.01. The molecule has 1 aromatic carbocycles.